The highest BCUT2D eigenvalue weighted by Crippen LogP contribution is 2.20. The van der Waals surface area contributed by atoms with E-state index >= 15 is 0 Å². The first kappa shape index (κ1) is 19.7. The van der Waals surface area contributed by atoms with Gasteiger partial charge in [-0.15, -0.1) is 0 Å². The molecule has 0 saturated carbocycles. The van der Waals surface area contributed by atoms with Crippen molar-refractivity contribution in [3.05, 3.63) is 71.0 Å². The highest BCUT2D eigenvalue weighted by Gasteiger charge is 2.08. The Morgan fingerprint density at radius 3 is 2.54 bits per heavy atom. The minimum absolute atomic E-state index is 0.0955. The van der Waals surface area contributed by atoms with E-state index in [2.05, 4.69) is 15.3 Å². The monoisotopic (exact) mass is 395 g/mol. The molecule has 28 heavy (non-hydrogen) atoms. The molecule has 1 amide bonds. The van der Waals surface area contributed by atoms with E-state index in [0.717, 1.165) is 11.3 Å². The number of thioether (sulfide) groups is 1. The summed E-state index contributed by atoms with van der Waals surface area (Å²) in [4.78, 5) is 31.2. The summed E-state index contributed by atoms with van der Waals surface area (Å²) in [5.41, 5.74) is 1.86. The van der Waals surface area contributed by atoms with Crippen LogP contribution in [0.5, 0.6) is 5.75 Å². The van der Waals surface area contributed by atoms with E-state index in [-0.39, 0.29) is 23.3 Å². The van der Waals surface area contributed by atoms with Crippen LogP contribution in [0.2, 0.25) is 0 Å². The van der Waals surface area contributed by atoms with Crippen LogP contribution in [-0.2, 0) is 4.79 Å². The average Bonchev–Trinajstić information content (AvgIpc) is 2.68. The second-order valence-corrected chi connectivity index (χ2v) is 7.29. The molecule has 2 N–H and O–H groups in total. The molecule has 0 saturated heterocycles. The van der Waals surface area contributed by atoms with Crippen LogP contribution >= 0.6 is 11.8 Å². The van der Waals surface area contributed by atoms with Crippen molar-refractivity contribution in [1.82, 2.24) is 9.97 Å². The van der Waals surface area contributed by atoms with Crippen molar-refractivity contribution in [1.29, 1.82) is 0 Å². The normalized spacial score (nSPS) is 10.7. The number of amides is 1. The summed E-state index contributed by atoms with van der Waals surface area (Å²) >= 11 is 1.18. The van der Waals surface area contributed by atoms with Gasteiger partial charge < -0.3 is 15.0 Å². The van der Waals surface area contributed by atoms with Gasteiger partial charge in [0.05, 0.1) is 17.6 Å². The third kappa shape index (κ3) is 5.72. The maximum atomic E-state index is 12.2. The predicted octanol–water partition coefficient (Wildman–Crippen LogP) is 3.95. The summed E-state index contributed by atoms with van der Waals surface area (Å²) < 4.78 is 5.58. The number of anilines is 1. The zero-order chi connectivity index (χ0) is 19.9. The number of nitrogens with zero attached hydrogens (tertiary/aromatic N) is 1. The van der Waals surface area contributed by atoms with Gasteiger partial charge >= 0.3 is 0 Å². The first-order valence-corrected chi connectivity index (χ1v) is 9.84. The highest BCUT2D eigenvalue weighted by molar-refractivity contribution is 7.99. The Hall–Kier alpha value is -3.06. The van der Waals surface area contributed by atoms with E-state index < -0.39 is 0 Å². The molecule has 3 rings (SSSR count). The third-order valence-electron chi connectivity index (χ3n) is 3.64. The fourth-order valence-electron chi connectivity index (χ4n) is 2.48. The zero-order valence-electron chi connectivity index (χ0n) is 15.6. The second kappa shape index (κ2) is 9.23. The van der Waals surface area contributed by atoms with Crippen molar-refractivity contribution in [3.63, 3.8) is 0 Å². The molecule has 0 bridgehead atoms. The van der Waals surface area contributed by atoms with Crippen LogP contribution in [0.4, 0.5) is 5.69 Å². The number of carbonyl (C=O) groups excluding carboxylic acids is 1. The van der Waals surface area contributed by atoms with Crippen LogP contribution in [0.25, 0.3) is 11.3 Å². The average molecular weight is 395 g/mol. The number of ether oxygens (including phenoxy) is 1. The van der Waals surface area contributed by atoms with E-state index in [9.17, 15) is 9.59 Å². The quantitative estimate of drug-likeness (QED) is 0.467. The van der Waals surface area contributed by atoms with Gasteiger partial charge in [-0.1, -0.05) is 42.1 Å². The molecule has 0 aliphatic rings. The lowest BCUT2D eigenvalue weighted by molar-refractivity contribution is -0.113. The largest absolute Gasteiger partial charge is 0.491 e. The van der Waals surface area contributed by atoms with Gasteiger partial charge in [0.15, 0.2) is 5.16 Å². The van der Waals surface area contributed by atoms with Crippen LogP contribution in [0.15, 0.2) is 70.6 Å². The first-order chi connectivity index (χ1) is 13.5. The standard InChI is InChI=1S/C21H21N3O3S/c1-14(2)27-17-10-8-16(9-11-17)22-20(26)13-28-21-23-18(12-19(25)24-21)15-6-4-3-5-7-15/h3-12,14H,13H2,1-2H3,(H,22,26)(H,23,24,25). The maximum Gasteiger partial charge on any atom is 0.252 e. The smallest absolute Gasteiger partial charge is 0.252 e. The molecular weight excluding hydrogens is 374 g/mol. The SMILES string of the molecule is CC(C)Oc1ccc(NC(=O)CSc2nc(-c3ccccc3)cc(=O)[nH]2)cc1. The van der Waals surface area contributed by atoms with Crippen molar-refractivity contribution >= 4 is 23.4 Å². The Balaban J connectivity index is 1.60. The van der Waals surface area contributed by atoms with Crippen LogP contribution in [0, 0.1) is 0 Å². The van der Waals surface area contributed by atoms with E-state index in [4.69, 9.17) is 4.74 Å². The van der Waals surface area contributed by atoms with Crippen molar-refractivity contribution in [2.75, 3.05) is 11.1 Å². The van der Waals surface area contributed by atoms with Crippen molar-refractivity contribution in [3.8, 4) is 17.0 Å². The van der Waals surface area contributed by atoms with Gasteiger partial charge in [-0.2, -0.15) is 0 Å². The molecule has 0 spiro atoms. The van der Waals surface area contributed by atoms with Gasteiger partial charge in [-0.3, -0.25) is 9.59 Å². The molecule has 0 unspecified atom stereocenters. The maximum absolute atomic E-state index is 12.2. The Labute approximate surface area is 167 Å². The van der Waals surface area contributed by atoms with E-state index in [1.54, 1.807) is 12.1 Å². The number of benzene rings is 2. The molecule has 7 heteroatoms. The Morgan fingerprint density at radius 2 is 1.86 bits per heavy atom. The fraction of sp³-hybridized carbons (Fsp3) is 0.190. The van der Waals surface area contributed by atoms with E-state index in [1.807, 2.05) is 56.3 Å². The van der Waals surface area contributed by atoms with E-state index in [1.165, 1.54) is 17.8 Å². The lowest BCUT2D eigenvalue weighted by Crippen LogP contribution is -2.15. The molecule has 0 aliphatic heterocycles. The molecule has 1 aromatic heterocycles. The predicted molar refractivity (Wildman–Crippen MR) is 112 cm³/mol. The number of nitrogens with one attached hydrogen (secondary N) is 2. The Morgan fingerprint density at radius 1 is 1.14 bits per heavy atom. The summed E-state index contributed by atoms with van der Waals surface area (Å²) in [6, 6.07) is 18.1. The molecule has 3 aromatic rings. The second-order valence-electron chi connectivity index (χ2n) is 6.33. The van der Waals surface area contributed by atoms with Crippen LogP contribution < -0.4 is 15.6 Å². The number of H-pyrrole nitrogens is 1. The summed E-state index contributed by atoms with van der Waals surface area (Å²) in [7, 11) is 0. The molecule has 0 atom stereocenters. The summed E-state index contributed by atoms with van der Waals surface area (Å²) in [5, 5.41) is 3.22. The van der Waals surface area contributed by atoms with Crippen LogP contribution in [-0.4, -0.2) is 27.7 Å². The summed E-state index contributed by atoms with van der Waals surface area (Å²) in [6.07, 6.45) is 0.0955. The van der Waals surface area contributed by atoms with Gasteiger partial charge in [0, 0.05) is 17.3 Å². The fourth-order valence-corrected chi connectivity index (χ4v) is 3.16. The van der Waals surface area contributed by atoms with Gasteiger partial charge in [-0.05, 0) is 38.1 Å². The number of hydrogen-bond donors (Lipinski definition) is 2. The molecule has 2 aromatic carbocycles. The van der Waals surface area contributed by atoms with Gasteiger partial charge in [0.25, 0.3) is 5.56 Å². The zero-order valence-corrected chi connectivity index (χ0v) is 16.5. The van der Waals surface area contributed by atoms with Gasteiger partial charge in [-0.25, -0.2) is 4.98 Å². The topological polar surface area (TPSA) is 84.1 Å². The van der Waals surface area contributed by atoms with Gasteiger partial charge in [0.2, 0.25) is 5.91 Å². The summed E-state index contributed by atoms with van der Waals surface area (Å²) in [6.45, 7) is 3.91. The lowest BCUT2D eigenvalue weighted by Gasteiger charge is -2.10. The lowest BCUT2D eigenvalue weighted by atomic mass is 10.1. The van der Waals surface area contributed by atoms with Crippen molar-refractivity contribution < 1.29 is 9.53 Å². The molecule has 0 radical (unpaired) electrons. The van der Waals surface area contributed by atoms with Crippen LogP contribution in [0.1, 0.15) is 13.8 Å². The number of aromatic nitrogens is 2. The minimum Gasteiger partial charge on any atom is -0.491 e. The Bertz CT molecular complexity index is 986. The highest BCUT2D eigenvalue weighted by atomic mass is 32.2. The van der Waals surface area contributed by atoms with E-state index in [0.29, 0.717) is 16.5 Å². The number of carbonyl (C=O) groups is 1. The van der Waals surface area contributed by atoms with Crippen molar-refractivity contribution in [2.45, 2.75) is 25.1 Å². The third-order valence-corrected chi connectivity index (χ3v) is 4.51. The minimum atomic E-state index is -0.252. The first-order valence-electron chi connectivity index (χ1n) is 8.86. The molecule has 1 heterocycles. The molecule has 0 fully saturated rings. The number of rotatable bonds is 7. The molecule has 6 nitrogen and oxygen atoms in total. The van der Waals surface area contributed by atoms with Crippen LogP contribution in [0.3, 0.4) is 0 Å². The number of hydrogen-bond acceptors (Lipinski definition) is 5. The number of aromatic amines is 1. The van der Waals surface area contributed by atoms with Gasteiger partial charge in [0.1, 0.15) is 5.75 Å². The van der Waals surface area contributed by atoms with Crippen molar-refractivity contribution in [2.24, 2.45) is 0 Å². The molecular formula is C21H21N3O3S. The Kier molecular flexibility index (Phi) is 6.49. The summed E-state index contributed by atoms with van der Waals surface area (Å²) in [5.74, 6) is 0.697. The molecule has 144 valence electrons. The molecule has 0 aliphatic carbocycles.